The van der Waals surface area contributed by atoms with Crippen LogP contribution in [-0.2, 0) is 5.54 Å². The van der Waals surface area contributed by atoms with Gasteiger partial charge in [-0.1, -0.05) is 18.2 Å². The minimum atomic E-state index is -0.810. The van der Waals surface area contributed by atoms with Crippen LogP contribution in [-0.4, -0.2) is 5.91 Å². The maximum atomic E-state index is 13.7. The van der Waals surface area contributed by atoms with E-state index in [1.807, 2.05) is 0 Å². The summed E-state index contributed by atoms with van der Waals surface area (Å²) in [4.78, 5) is 11.9. The van der Waals surface area contributed by atoms with Crippen LogP contribution in [0.2, 0.25) is 0 Å². The Kier molecular flexibility index (Phi) is 3.19. The molecule has 0 atom stereocenters. The minimum Gasteiger partial charge on any atom is -0.459 e. The van der Waals surface area contributed by atoms with Crippen molar-refractivity contribution in [2.24, 2.45) is 0 Å². The van der Waals surface area contributed by atoms with Crippen LogP contribution in [0.4, 0.5) is 4.39 Å². The number of hydrogen-bond acceptors (Lipinski definition) is 2. The first-order valence-corrected chi connectivity index (χ1v) is 5.62. The molecule has 0 aliphatic rings. The van der Waals surface area contributed by atoms with Crippen molar-refractivity contribution < 1.29 is 13.6 Å². The van der Waals surface area contributed by atoms with E-state index in [4.69, 9.17) is 4.42 Å². The molecule has 0 saturated heterocycles. The summed E-state index contributed by atoms with van der Waals surface area (Å²) in [5.41, 5.74) is -0.375. The van der Waals surface area contributed by atoms with E-state index in [-0.39, 0.29) is 17.5 Å². The maximum Gasteiger partial charge on any atom is 0.287 e. The summed E-state index contributed by atoms with van der Waals surface area (Å²) in [5, 5.41) is 2.74. The highest BCUT2D eigenvalue weighted by atomic mass is 19.1. The second kappa shape index (κ2) is 4.64. The lowest BCUT2D eigenvalue weighted by atomic mass is 9.93. The molecule has 0 aliphatic heterocycles. The topological polar surface area (TPSA) is 42.2 Å². The molecule has 18 heavy (non-hydrogen) atoms. The first-order valence-electron chi connectivity index (χ1n) is 5.62. The van der Waals surface area contributed by atoms with Crippen molar-refractivity contribution in [2.45, 2.75) is 19.4 Å². The summed E-state index contributed by atoms with van der Waals surface area (Å²) in [6, 6.07) is 9.56. The Hall–Kier alpha value is -2.10. The number of carbonyl (C=O) groups is 1. The van der Waals surface area contributed by atoms with Gasteiger partial charge in [0, 0.05) is 5.56 Å². The monoisotopic (exact) mass is 247 g/mol. The largest absolute Gasteiger partial charge is 0.459 e. The highest BCUT2D eigenvalue weighted by molar-refractivity contribution is 5.91. The second-order valence-corrected chi connectivity index (χ2v) is 4.54. The molecule has 0 radical (unpaired) electrons. The predicted octanol–water partition coefficient (Wildman–Crippen LogP) is 3.08. The number of halogens is 1. The smallest absolute Gasteiger partial charge is 0.287 e. The van der Waals surface area contributed by atoms with Crippen molar-refractivity contribution in [2.75, 3.05) is 0 Å². The molecule has 0 unspecified atom stereocenters. The van der Waals surface area contributed by atoms with Gasteiger partial charge in [0.15, 0.2) is 5.76 Å². The molecule has 1 N–H and O–H groups in total. The van der Waals surface area contributed by atoms with Crippen LogP contribution >= 0.6 is 0 Å². The molecular formula is C14H14FNO2. The number of hydrogen-bond donors (Lipinski definition) is 1. The summed E-state index contributed by atoms with van der Waals surface area (Å²) >= 11 is 0. The average Bonchev–Trinajstić information content (AvgIpc) is 2.82. The lowest BCUT2D eigenvalue weighted by molar-refractivity contribution is 0.0882. The number of nitrogens with one attached hydrogen (secondary N) is 1. The Labute approximate surface area is 105 Å². The molecule has 0 bridgehead atoms. The molecule has 0 saturated carbocycles. The van der Waals surface area contributed by atoms with Crippen LogP contribution in [0.5, 0.6) is 0 Å². The van der Waals surface area contributed by atoms with E-state index in [1.54, 1.807) is 44.2 Å². The molecular weight excluding hydrogens is 233 g/mol. The molecule has 1 heterocycles. The van der Waals surface area contributed by atoms with Gasteiger partial charge in [0.1, 0.15) is 5.82 Å². The molecule has 0 fully saturated rings. The number of carbonyl (C=O) groups excluding carboxylic acids is 1. The van der Waals surface area contributed by atoms with Gasteiger partial charge in [0.25, 0.3) is 5.91 Å². The highest BCUT2D eigenvalue weighted by Crippen LogP contribution is 2.23. The van der Waals surface area contributed by atoms with Crippen molar-refractivity contribution >= 4 is 5.91 Å². The molecule has 94 valence electrons. The predicted molar refractivity (Wildman–Crippen MR) is 65.6 cm³/mol. The molecule has 1 amide bonds. The van der Waals surface area contributed by atoms with Gasteiger partial charge in [-0.05, 0) is 32.0 Å². The fraction of sp³-hybridized carbons (Fsp3) is 0.214. The van der Waals surface area contributed by atoms with Gasteiger partial charge < -0.3 is 9.73 Å². The fourth-order valence-corrected chi connectivity index (χ4v) is 1.79. The number of furan rings is 1. The van der Waals surface area contributed by atoms with E-state index in [0.717, 1.165) is 0 Å². The standard InChI is InChI=1S/C14H14FNO2/c1-14(2,10-6-3-4-7-11(10)15)16-13(17)12-8-5-9-18-12/h3-9H,1-2H3,(H,16,17). The normalized spacial score (nSPS) is 11.3. The van der Waals surface area contributed by atoms with Gasteiger partial charge in [-0.3, -0.25) is 4.79 Å². The van der Waals surface area contributed by atoms with E-state index in [2.05, 4.69) is 5.32 Å². The van der Waals surface area contributed by atoms with Crippen molar-refractivity contribution in [1.29, 1.82) is 0 Å². The van der Waals surface area contributed by atoms with E-state index in [9.17, 15) is 9.18 Å². The average molecular weight is 247 g/mol. The molecule has 3 nitrogen and oxygen atoms in total. The first-order chi connectivity index (χ1) is 8.50. The number of amides is 1. The minimum absolute atomic E-state index is 0.208. The lowest BCUT2D eigenvalue weighted by Gasteiger charge is -2.26. The van der Waals surface area contributed by atoms with Crippen LogP contribution in [0.15, 0.2) is 47.1 Å². The molecule has 1 aromatic carbocycles. The van der Waals surface area contributed by atoms with Crippen LogP contribution in [0.3, 0.4) is 0 Å². The zero-order valence-corrected chi connectivity index (χ0v) is 10.2. The van der Waals surface area contributed by atoms with Gasteiger partial charge >= 0.3 is 0 Å². The van der Waals surface area contributed by atoms with E-state index >= 15 is 0 Å². The highest BCUT2D eigenvalue weighted by Gasteiger charge is 2.26. The van der Waals surface area contributed by atoms with Crippen molar-refractivity contribution in [1.82, 2.24) is 5.32 Å². The summed E-state index contributed by atoms with van der Waals surface area (Å²) in [7, 11) is 0. The second-order valence-electron chi connectivity index (χ2n) is 4.54. The van der Waals surface area contributed by atoms with Crippen molar-refractivity contribution in [3.8, 4) is 0 Å². The van der Waals surface area contributed by atoms with Gasteiger partial charge in [-0.15, -0.1) is 0 Å². The fourth-order valence-electron chi connectivity index (χ4n) is 1.79. The van der Waals surface area contributed by atoms with Crippen LogP contribution in [0, 0.1) is 5.82 Å². The molecule has 0 aliphatic carbocycles. The van der Waals surface area contributed by atoms with E-state index in [0.29, 0.717) is 5.56 Å². The lowest BCUT2D eigenvalue weighted by Crippen LogP contribution is -2.41. The number of benzene rings is 1. The summed E-state index contributed by atoms with van der Waals surface area (Å²) in [6.07, 6.45) is 1.42. The van der Waals surface area contributed by atoms with Crippen molar-refractivity contribution in [3.63, 3.8) is 0 Å². The third kappa shape index (κ3) is 2.42. The Balaban J connectivity index is 2.22. The van der Waals surface area contributed by atoms with Crippen molar-refractivity contribution in [3.05, 3.63) is 59.8 Å². The van der Waals surface area contributed by atoms with E-state index in [1.165, 1.54) is 12.3 Å². The molecule has 1 aromatic heterocycles. The number of rotatable bonds is 3. The maximum absolute atomic E-state index is 13.7. The Morgan fingerprint density at radius 3 is 2.56 bits per heavy atom. The van der Waals surface area contributed by atoms with Gasteiger partial charge in [0.2, 0.25) is 0 Å². The van der Waals surface area contributed by atoms with Crippen LogP contribution in [0.25, 0.3) is 0 Å². The van der Waals surface area contributed by atoms with Gasteiger partial charge in [0.05, 0.1) is 11.8 Å². The molecule has 2 aromatic rings. The quantitative estimate of drug-likeness (QED) is 0.905. The Bertz CT molecular complexity index is 547. The molecule has 2 rings (SSSR count). The third-order valence-corrected chi connectivity index (χ3v) is 2.72. The zero-order valence-electron chi connectivity index (χ0n) is 10.2. The third-order valence-electron chi connectivity index (χ3n) is 2.72. The summed E-state index contributed by atoms with van der Waals surface area (Å²) in [5.74, 6) is -0.505. The summed E-state index contributed by atoms with van der Waals surface area (Å²) in [6.45, 7) is 3.48. The van der Waals surface area contributed by atoms with Gasteiger partial charge in [-0.25, -0.2) is 4.39 Å². The van der Waals surface area contributed by atoms with Gasteiger partial charge in [-0.2, -0.15) is 0 Å². The first kappa shape index (κ1) is 12.4. The van der Waals surface area contributed by atoms with Crippen LogP contribution in [0.1, 0.15) is 30.0 Å². The Morgan fingerprint density at radius 1 is 1.22 bits per heavy atom. The zero-order chi connectivity index (χ0) is 13.2. The van der Waals surface area contributed by atoms with Crippen LogP contribution < -0.4 is 5.32 Å². The Morgan fingerprint density at radius 2 is 1.94 bits per heavy atom. The SMILES string of the molecule is CC(C)(NC(=O)c1ccco1)c1ccccc1F. The van der Waals surface area contributed by atoms with E-state index < -0.39 is 5.54 Å². The molecule has 0 spiro atoms. The molecule has 4 heteroatoms. The summed E-state index contributed by atoms with van der Waals surface area (Å²) < 4.78 is 18.7.